The van der Waals surface area contributed by atoms with Gasteiger partial charge in [0.1, 0.15) is 11.8 Å². The Balaban J connectivity index is 1.89. The third-order valence-electron chi connectivity index (χ3n) is 4.10. The lowest BCUT2D eigenvalue weighted by molar-refractivity contribution is 0.240. The normalized spacial score (nSPS) is 17.3. The summed E-state index contributed by atoms with van der Waals surface area (Å²) in [6.45, 7) is 2.95. The SMILES string of the molecule is COc1ccccc1CC(C)N(C)CC(C#N)NC1CC1. The molecule has 0 heterocycles. The topological polar surface area (TPSA) is 48.3 Å². The molecule has 1 aromatic rings. The number of ether oxygens (including phenoxy) is 1. The maximum absolute atomic E-state index is 9.25. The van der Waals surface area contributed by atoms with Crippen LogP contribution in [-0.2, 0) is 6.42 Å². The van der Waals surface area contributed by atoms with E-state index in [0.29, 0.717) is 12.1 Å². The largest absolute Gasteiger partial charge is 0.496 e. The molecule has 21 heavy (non-hydrogen) atoms. The molecule has 1 aromatic carbocycles. The molecule has 0 amide bonds. The molecule has 1 aliphatic rings. The summed E-state index contributed by atoms with van der Waals surface area (Å²) in [4.78, 5) is 2.25. The summed E-state index contributed by atoms with van der Waals surface area (Å²) in [5.41, 5.74) is 1.21. The van der Waals surface area contributed by atoms with Crippen LogP contribution in [0.15, 0.2) is 24.3 Å². The Morgan fingerprint density at radius 2 is 2.14 bits per heavy atom. The summed E-state index contributed by atoms with van der Waals surface area (Å²) in [6.07, 6.45) is 3.33. The number of nitrogens with one attached hydrogen (secondary N) is 1. The zero-order valence-corrected chi connectivity index (χ0v) is 13.2. The van der Waals surface area contributed by atoms with Gasteiger partial charge in [-0.15, -0.1) is 0 Å². The molecular weight excluding hydrogens is 262 g/mol. The second kappa shape index (κ2) is 7.44. The van der Waals surface area contributed by atoms with Crippen LogP contribution in [0, 0.1) is 11.3 Å². The first-order chi connectivity index (χ1) is 10.1. The smallest absolute Gasteiger partial charge is 0.122 e. The van der Waals surface area contributed by atoms with Crippen LogP contribution >= 0.6 is 0 Å². The summed E-state index contributed by atoms with van der Waals surface area (Å²) in [5.74, 6) is 0.936. The molecule has 0 bridgehead atoms. The lowest BCUT2D eigenvalue weighted by Crippen LogP contribution is -2.43. The first-order valence-corrected chi connectivity index (χ1v) is 7.61. The zero-order valence-electron chi connectivity index (χ0n) is 13.2. The number of hydrogen-bond acceptors (Lipinski definition) is 4. The number of benzene rings is 1. The van der Waals surface area contributed by atoms with Gasteiger partial charge in [0.05, 0.1) is 13.2 Å². The van der Waals surface area contributed by atoms with Gasteiger partial charge in [0.15, 0.2) is 0 Å². The number of rotatable bonds is 8. The van der Waals surface area contributed by atoms with Gasteiger partial charge < -0.3 is 9.64 Å². The van der Waals surface area contributed by atoms with Crippen molar-refractivity contribution in [1.82, 2.24) is 10.2 Å². The van der Waals surface area contributed by atoms with Gasteiger partial charge in [-0.05, 0) is 44.9 Å². The molecule has 4 nitrogen and oxygen atoms in total. The van der Waals surface area contributed by atoms with Crippen LogP contribution in [0.25, 0.3) is 0 Å². The second-order valence-electron chi connectivity index (χ2n) is 5.93. The molecule has 4 heteroatoms. The predicted octanol–water partition coefficient (Wildman–Crippen LogP) is 2.20. The number of nitrogens with zero attached hydrogens (tertiary/aromatic N) is 2. The number of nitriles is 1. The molecule has 0 spiro atoms. The molecule has 1 N–H and O–H groups in total. The van der Waals surface area contributed by atoms with Gasteiger partial charge >= 0.3 is 0 Å². The molecule has 0 radical (unpaired) electrons. The van der Waals surface area contributed by atoms with Crippen molar-refractivity contribution < 1.29 is 4.74 Å². The van der Waals surface area contributed by atoms with Crippen molar-refractivity contribution in [2.24, 2.45) is 0 Å². The van der Waals surface area contributed by atoms with E-state index < -0.39 is 0 Å². The Kier molecular flexibility index (Phi) is 5.60. The van der Waals surface area contributed by atoms with Crippen molar-refractivity contribution in [2.75, 3.05) is 20.7 Å². The monoisotopic (exact) mass is 287 g/mol. The number of likely N-dealkylation sites (N-methyl/N-ethyl adjacent to an activating group) is 1. The van der Waals surface area contributed by atoms with Crippen molar-refractivity contribution >= 4 is 0 Å². The van der Waals surface area contributed by atoms with Crippen LogP contribution in [0.4, 0.5) is 0 Å². The molecule has 1 saturated carbocycles. The van der Waals surface area contributed by atoms with Gasteiger partial charge in [-0.2, -0.15) is 5.26 Å². The molecule has 2 unspecified atom stereocenters. The van der Waals surface area contributed by atoms with E-state index in [-0.39, 0.29) is 6.04 Å². The number of methoxy groups -OCH3 is 1. The highest BCUT2D eigenvalue weighted by molar-refractivity contribution is 5.33. The van der Waals surface area contributed by atoms with E-state index in [9.17, 15) is 5.26 Å². The molecule has 0 saturated heterocycles. The summed E-state index contributed by atoms with van der Waals surface area (Å²) in [7, 11) is 3.79. The summed E-state index contributed by atoms with van der Waals surface area (Å²) >= 11 is 0. The van der Waals surface area contributed by atoms with Crippen LogP contribution in [0.1, 0.15) is 25.3 Å². The van der Waals surface area contributed by atoms with Crippen LogP contribution in [0.5, 0.6) is 5.75 Å². The van der Waals surface area contributed by atoms with E-state index in [1.165, 1.54) is 18.4 Å². The molecule has 0 aliphatic heterocycles. The summed E-state index contributed by atoms with van der Waals surface area (Å²) in [6, 6.07) is 11.3. The van der Waals surface area contributed by atoms with Crippen molar-refractivity contribution in [3.8, 4) is 11.8 Å². The molecular formula is C17H25N3O. The van der Waals surface area contributed by atoms with Gasteiger partial charge in [-0.1, -0.05) is 18.2 Å². The van der Waals surface area contributed by atoms with Gasteiger partial charge in [0.25, 0.3) is 0 Å². The van der Waals surface area contributed by atoms with Crippen LogP contribution in [0.3, 0.4) is 0 Å². The van der Waals surface area contributed by atoms with Gasteiger partial charge in [-0.3, -0.25) is 5.32 Å². The minimum Gasteiger partial charge on any atom is -0.496 e. The van der Waals surface area contributed by atoms with Crippen LogP contribution < -0.4 is 10.1 Å². The molecule has 114 valence electrons. The summed E-state index contributed by atoms with van der Waals surface area (Å²) < 4.78 is 5.41. The van der Waals surface area contributed by atoms with E-state index in [0.717, 1.165) is 18.7 Å². The first kappa shape index (κ1) is 15.8. The van der Waals surface area contributed by atoms with Crippen molar-refractivity contribution in [3.63, 3.8) is 0 Å². The van der Waals surface area contributed by atoms with Crippen LogP contribution in [-0.4, -0.2) is 43.7 Å². The van der Waals surface area contributed by atoms with Gasteiger partial charge in [0.2, 0.25) is 0 Å². The second-order valence-corrected chi connectivity index (χ2v) is 5.93. The highest BCUT2D eigenvalue weighted by Crippen LogP contribution is 2.21. The van der Waals surface area contributed by atoms with E-state index in [1.807, 2.05) is 18.2 Å². The molecule has 1 aliphatic carbocycles. The third-order valence-corrected chi connectivity index (χ3v) is 4.10. The third kappa shape index (κ3) is 4.73. The highest BCUT2D eigenvalue weighted by Gasteiger charge is 2.25. The van der Waals surface area contributed by atoms with Gasteiger partial charge in [-0.25, -0.2) is 0 Å². The fraction of sp³-hybridized carbons (Fsp3) is 0.588. The summed E-state index contributed by atoms with van der Waals surface area (Å²) in [5, 5.41) is 12.6. The Bertz CT molecular complexity index is 493. The van der Waals surface area contributed by atoms with Gasteiger partial charge in [0, 0.05) is 18.6 Å². The zero-order chi connectivity index (χ0) is 15.2. The van der Waals surface area contributed by atoms with E-state index >= 15 is 0 Å². The highest BCUT2D eigenvalue weighted by atomic mass is 16.5. The van der Waals surface area contributed by atoms with Crippen molar-refractivity contribution in [1.29, 1.82) is 5.26 Å². The molecule has 2 atom stereocenters. The maximum Gasteiger partial charge on any atom is 0.122 e. The number of hydrogen-bond donors (Lipinski definition) is 1. The quantitative estimate of drug-likeness (QED) is 0.796. The lowest BCUT2D eigenvalue weighted by atomic mass is 10.0. The van der Waals surface area contributed by atoms with Crippen molar-refractivity contribution in [3.05, 3.63) is 29.8 Å². The molecule has 1 fully saturated rings. The Labute approximate surface area is 127 Å². The van der Waals surface area contributed by atoms with E-state index in [1.54, 1.807) is 7.11 Å². The standard InChI is InChI=1S/C17H25N3O/c1-13(10-14-6-4-5-7-17(14)21-3)20(2)12-16(11-18)19-15-8-9-15/h4-7,13,15-16,19H,8-10,12H2,1-3H3. The number of para-hydroxylation sites is 1. The maximum atomic E-state index is 9.25. The Morgan fingerprint density at radius 3 is 2.76 bits per heavy atom. The predicted molar refractivity (Wildman–Crippen MR) is 84.3 cm³/mol. The van der Waals surface area contributed by atoms with Crippen molar-refractivity contribution in [2.45, 2.75) is 44.3 Å². The minimum absolute atomic E-state index is 0.0809. The van der Waals surface area contributed by atoms with E-state index in [2.05, 4.69) is 36.3 Å². The minimum atomic E-state index is -0.0809. The fourth-order valence-corrected chi connectivity index (χ4v) is 2.48. The molecule has 0 aromatic heterocycles. The first-order valence-electron chi connectivity index (χ1n) is 7.61. The average Bonchev–Trinajstić information content (AvgIpc) is 3.30. The average molecular weight is 287 g/mol. The fourth-order valence-electron chi connectivity index (χ4n) is 2.48. The lowest BCUT2D eigenvalue weighted by Gasteiger charge is -2.27. The molecule has 2 rings (SSSR count). The van der Waals surface area contributed by atoms with E-state index in [4.69, 9.17) is 4.74 Å². The Morgan fingerprint density at radius 1 is 1.43 bits per heavy atom. The Hall–Kier alpha value is -1.57. The van der Waals surface area contributed by atoms with Crippen LogP contribution in [0.2, 0.25) is 0 Å².